The number of fused-ring (bicyclic) bond motifs is 2. The van der Waals surface area contributed by atoms with E-state index in [-0.39, 0.29) is 5.41 Å². The molecule has 3 nitrogen and oxygen atoms in total. The molecule has 2 aliphatic rings. The first-order valence-corrected chi connectivity index (χ1v) is 7.10. The Morgan fingerprint density at radius 2 is 2.11 bits per heavy atom. The molecule has 2 atom stereocenters. The lowest BCUT2D eigenvalue weighted by molar-refractivity contribution is 0.194. The van der Waals surface area contributed by atoms with E-state index >= 15 is 0 Å². The highest BCUT2D eigenvalue weighted by molar-refractivity contribution is 5.94. The van der Waals surface area contributed by atoms with E-state index in [1.807, 2.05) is 19.1 Å². The third-order valence-corrected chi connectivity index (χ3v) is 5.64. The first kappa shape index (κ1) is 12.6. The molecule has 3 rings (SSSR count). The minimum absolute atomic E-state index is 0.230. The molecule has 0 aromatic carbocycles. The third-order valence-electron chi connectivity index (χ3n) is 5.64. The van der Waals surface area contributed by atoms with Gasteiger partial charge in [0.05, 0.1) is 6.21 Å². The molecule has 2 fully saturated rings. The average Bonchev–Trinajstić information content (AvgIpc) is 2.90. The summed E-state index contributed by atoms with van der Waals surface area (Å²) in [4.78, 5) is 0. The van der Waals surface area contributed by atoms with Crippen LogP contribution >= 0.6 is 0 Å². The number of rotatable bonds is 2. The number of aryl methyl sites for hydroxylation is 1. The zero-order chi connectivity index (χ0) is 13.7. The molecule has 2 bridgehead atoms. The van der Waals surface area contributed by atoms with Gasteiger partial charge in [0.15, 0.2) is 0 Å². The number of hydrogen-bond acceptors (Lipinski definition) is 3. The van der Waals surface area contributed by atoms with E-state index in [9.17, 15) is 0 Å². The van der Waals surface area contributed by atoms with E-state index in [0.717, 1.165) is 23.9 Å². The van der Waals surface area contributed by atoms with Gasteiger partial charge in [0.25, 0.3) is 0 Å². The molecule has 0 spiro atoms. The predicted octanol–water partition coefficient (Wildman–Crippen LogP) is 4.21. The zero-order valence-corrected chi connectivity index (χ0v) is 12.2. The minimum atomic E-state index is 0.230. The van der Waals surface area contributed by atoms with E-state index < -0.39 is 0 Å². The molecule has 0 amide bonds. The number of nitrogens with zero attached hydrogens (tertiary/aromatic N) is 2. The monoisotopic (exact) mass is 258 g/mol. The van der Waals surface area contributed by atoms with Crippen molar-refractivity contribution in [2.75, 3.05) is 0 Å². The fourth-order valence-electron chi connectivity index (χ4n) is 3.76. The van der Waals surface area contributed by atoms with Gasteiger partial charge < -0.3 is 4.42 Å². The van der Waals surface area contributed by atoms with Crippen molar-refractivity contribution in [3.63, 3.8) is 0 Å². The molecule has 0 radical (unpaired) electrons. The molecule has 102 valence electrons. The van der Waals surface area contributed by atoms with Crippen molar-refractivity contribution in [1.82, 2.24) is 0 Å². The normalized spacial score (nSPS) is 34.7. The molecular weight excluding hydrogens is 236 g/mol. The highest BCUT2D eigenvalue weighted by Crippen LogP contribution is 2.63. The Morgan fingerprint density at radius 3 is 2.63 bits per heavy atom. The predicted molar refractivity (Wildman–Crippen MR) is 77.7 cm³/mol. The Hall–Kier alpha value is -1.38. The second-order valence-corrected chi connectivity index (χ2v) is 6.73. The molecule has 3 heteroatoms. The van der Waals surface area contributed by atoms with Crippen LogP contribution in [-0.4, -0.2) is 11.9 Å². The molecule has 1 aromatic rings. The average molecular weight is 258 g/mol. The van der Waals surface area contributed by atoms with Crippen molar-refractivity contribution in [2.45, 2.75) is 47.0 Å². The smallest absolute Gasteiger partial charge is 0.147 e. The number of furan rings is 1. The lowest BCUT2D eigenvalue weighted by atomic mass is 9.70. The lowest BCUT2D eigenvalue weighted by Crippen LogP contribution is -2.32. The van der Waals surface area contributed by atoms with Crippen molar-refractivity contribution in [2.24, 2.45) is 27.0 Å². The second kappa shape index (κ2) is 4.06. The fraction of sp³-hybridized carbons (Fsp3) is 0.625. The Labute approximate surface area is 114 Å². The molecular formula is C16H22N2O. The Bertz CT molecular complexity index is 553. The van der Waals surface area contributed by atoms with E-state index in [4.69, 9.17) is 4.42 Å². The fourth-order valence-corrected chi connectivity index (χ4v) is 3.76. The summed E-state index contributed by atoms with van der Waals surface area (Å²) in [5.74, 6) is 2.45. The SMILES string of the molecule is Cc1ccc(/C=N\N=C2\C[C@@H]3CC[C@@]2(C)C3(C)C)o1. The maximum Gasteiger partial charge on any atom is 0.147 e. The van der Waals surface area contributed by atoms with Crippen molar-refractivity contribution in [3.8, 4) is 0 Å². The minimum Gasteiger partial charge on any atom is -0.460 e. The van der Waals surface area contributed by atoms with Gasteiger partial charge in [-0.25, -0.2) is 0 Å². The summed E-state index contributed by atoms with van der Waals surface area (Å²) in [5, 5.41) is 8.74. The van der Waals surface area contributed by atoms with Gasteiger partial charge in [-0.3, -0.25) is 0 Å². The van der Waals surface area contributed by atoms with Crippen molar-refractivity contribution in [3.05, 3.63) is 23.7 Å². The summed E-state index contributed by atoms with van der Waals surface area (Å²) in [6.07, 6.45) is 5.41. The van der Waals surface area contributed by atoms with Gasteiger partial charge in [0.2, 0.25) is 0 Å². The van der Waals surface area contributed by atoms with Gasteiger partial charge in [-0.1, -0.05) is 20.8 Å². The lowest BCUT2D eigenvalue weighted by Gasteiger charge is -2.34. The third kappa shape index (κ3) is 1.78. The van der Waals surface area contributed by atoms with Crippen LogP contribution in [0.1, 0.15) is 51.6 Å². The molecule has 1 heterocycles. The van der Waals surface area contributed by atoms with Gasteiger partial charge in [0, 0.05) is 11.1 Å². The van der Waals surface area contributed by atoms with Gasteiger partial charge >= 0.3 is 0 Å². The summed E-state index contributed by atoms with van der Waals surface area (Å²) in [5.41, 5.74) is 1.87. The van der Waals surface area contributed by atoms with Crippen LogP contribution in [0.2, 0.25) is 0 Å². The number of hydrogen-bond donors (Lipinski definition) is 0. The Kier molecular flexibility index (Phi) is 2.70. The van der Waals surface area contributed by atoms with Crippen LogP contribution < -0.4 is 0 Å². The van der Waals surface area contributed by atoms with Crippen molar-refractivity contribution < 1.29 is 4.42 Å². The maximum atomic E-state index is 5.46. The van der Waals surface area contributed by atoms with E-state index in [0.29, 0.717) is 5.41 Å². The van der Waals surface area contributed by atoms with Gasteiger partial charge in [0.1, 0.15) is 11.5 Å². The summed E-state index contributed by atoms with van der Waals surface area (Å²) in [6, 6.07) is 3.86. The molecule has 0 unspecified atom stereocenters. The van der Waals surface area contributed by atoms with Gasteiger partial charge in [-0.15, -0.1) is 0 Å². The maximum absolute atomic E-state index is 5.46. The van der Waals surface area contributed by atoms with Crippen molar-refractivity contribution >= 4 is 11.9 Å². The van der Waals surface area contributed by atoms with Crippen LogP contribution in [0.25, 0.3) is 0 Å². The standard InChI is InChI=1S/C16H22N2O/c1-11-5-6-13(19-11)10-17-18-14-9-12-7-8-16(14,4)15(12,2)3/h5-6,10,12H,7-9H2,1-4H3/b17-10-,18-14-/t12-,16+/m0/s1. The quantitative estimate of drug-likeness (QED) is 0.578. The molecule has 0 aliphatic heterocycles. The van der Waals surface area contributed by atoms with Crippen LogP contribution in [0.5, 0.6) is 0 Å². The van der Waals surface area contributed by atoms with Gasteiger partial charge in [-0.05, 0) is 49.7 Å². The molecule has 2 saturated carbocycles. The van der Waals surface area contributed by atoms with Crippen molar-refractivity contribution in [1.29, 1.82) is 0 Å². The van der Waals surface area contributed by atoms with Gasteiger partial charge in [-0.2, -0.15) is 10.2 Å². The highest BCUT2D eigenvalue weighted by atomic mass is 16.3. The summed E-state index contributed by atoms with van der Waals surface area (Å²) >= 11 is 0. The Balaban J connectivity index is 1.81. The molecule has 19 heavy (non-hydrogen) atoms. The van der Waals surface area contributed by atoms with Crippen LogP contribution in [0.3, 0.4) is 0 Å². The van der Waals surface area contributed by atoms with Crippen LogP contribution in [0, 0.1) is 23.7 Å². The van der Waals surface area contributed by atoms with E-state index in [1.165, 1.54) is 18.6 Å². The van der Waals surface area contributed by atoms with Crippen LogP contribution in [-0.2, 0) is 0 Å². The highest BCUT2D eigenvalue weighted by Gasteiger charge is 2.59. The first-order valence-electron chi connectivity index (χ1n) is 7.10. The van der Waals surface area contributed by atoms with Crippen LogP contribution in [0.4, 0.5) is 0 Å². The largest absolute Gasteiger partial charge is 0.460 e. The van der Waals surface area contributed by atoms with E-state index in [2.05, 4.69) is 31.0 Å². The molecule has 1 aromatic heterocycles. The summed E-state index contributed by atoms with van der Waals surface area (Å²) in [6.45, 7) is 9.05. The van der Waals surface area contributed by atoms with Crippen LogP contribution in [0.15, 0.2) is 26.8 Å². The first-order chi connectivity index (χ1) is 8.93. The molecule has 0 saturated heterocycles. The summed E-state index contributed by atoms with van der Waals surface area (Å²) < 4.78 is 5.46. The molecule has 2 aliphatic carbocycles. The summed E-state index contributed by atoms with van der Waals surface area (Å²) in [7, 11) is 0. The zero-order valence-electron chi connectivity index (χ0n) is 12.2. The molecule has 0 N–H and O–H groups in total. The van der Waals surface area contributed by atoms with E-state index in [1.54, 1.807) is 6.21 Å². The topological polar surface area (TPSA) is 37.9 Å². The second-order valence-electron chi connectivity index (χ2n) is 6.73. The Morgan fingerprint density at radius 1 is 1.32 bits per heavy atom.